The van der Waals surface area contributed by atoms with Gasteiger partial charge in [0.2, 0.25) is 0 Å². The molecule has 0 radical (unpaired) electrons. The summed E-state index contributed by atoms with van der Waals surface area (Å²) in [6, 6.07) is 13.6. The Labute approximate surface area is 156 Å². The van der Waals surface area contributed by atoms with Crippen molar-refractivity contribution in [3.05, 3.63) is 58.6 Å². The van der Waals surface area contributed by atoms with Gasteiger partial charge in [0.15, 0.2) is 0 Å². The van der Waals surface area contributed by atoms with Crippen LogP contribution in [0.5, 0.6) is 0 Å². The highest BCUT2D eigenvalue weighted by molar-refractivity contribution is 7.15. The number of hydrogen-bond donors (Lipinski definition) is 1. The summed E-state index contributed by atoms with van der Waals surface area (Å²) in [6.45, 7) is 1.84. The zero-order valence-electron chi connectivity index (χ0n) is 14.7. The zero-order chi connectivity index (χ0) is 18.3. The highest BCUT2D eigenvalue weighted by atomic mass is 32.1. The van der Waals surface area contributed by atoms with Crippen molar-refractivity contribution in [2.75, 3.05) is 7.11 Å². The number of thiophene rings is 1. The Hall–Kier alpha value is -2.60. The molecule has 2 amide bonds. The van der Waals surface area contributed by atoms with Crippen LogP contribution >= 0.6 is 11.3 Å². The standard InChI is InChI=1S/C20H20N2O3S/c1-12-17(19(23)25-2)18(21-20(24)22(12)14-8-9-14)16-11-10-15(26-16)13-6-4-3-5-7-13/h3-7,10-11,14,18H,8-9H2,1-2H3,(H,21,24)/t18-/m1/s1. The molecule has 1 saturated carbocycles. The molecule has 4 rings (SSSR count). The summed E-state index contributed by atoms with van der Waals surface area (Å²) in [6.07, 6.45) is 1.95. The number of allylic oxidation sites excluding steroid dienone is 1. The molecule has 1 fully saturated rings. The van der Waals surface area contributed by atoms with Crippen molar-refractivity contribution in [2.45, 2.75) is 31.8 Å². The van der Waals surface area contributed by atoms with E-state index in [2.05, 4.69) is 5.32 Å². The SMILES string of the molecule is COC(=O)C1=C(C)N(C2CC2)C(=O)N[C@@H]1c1ccc(-c2ccccc2)s1. The second kappa shape index (κ2) is 6.61. The summed E-state index contributed by atoms with van der Waals surface area (Å²) in [4.78, 5) is 28.8. The number of amides is 2. The van der Waals surface area contributed by atoms with Crippen LogP contribution in [-0.2, 0) is 9.53 Å². The number of benzene rings is 1. The fourth-order valence-electron chi connectivity index (χ4n) is 3.38. The Kier molecular flexibility index (Phi) is 4.28. The lowest BCUT2D eigenvalue weighted by molar-refractivity contribution is -0.136. The van der Waals surface area contributed by atoms with E-state index in [1.807, 2.05) is 49.4 Å². The van der Waals surface area contributed by atoms with E-state index in [1.165, 1.54) is 7.11 Å². The third kappa shape index (κ3) is 2.90. The molecule has 1 atom stereocenters. The minimum absolute atomic E-state index is 0.141. The average molecular weight is 368 g/mol. The smallest absolute Gasteiger partial charge is 0.338 e. The maximum atomic E-state index is 12.6. The molecular formula is C20H20N2O3S. The number of nitrogens with one attached hydrogen (secondary N) is 1. The van der Waals surface area contributed by atoms with Crippen molar-refractivity contribution >= 4 is 23.3 Å². The van der Waals surface area contributed by atoms with Crippen molar-refractivity contribution in [1.82, 2.24) is 10.2 Å². The van der Waals surface area contributed by atoms with E-state index >= 15 is 0 Å². The van der Waals surface area contributed by atoms with Gasteiger partial charge in [-0.25, -0.2) is 9.59 Å². The summed E-state index contributed by atoms with van der Waals surface area (Å²) in [7, 11) is 1.38. The molecule has 6 heteroatoms. The molecular weight excluding hydrogens is 348 g/mol. The van der Waals surface area contributed by atoms with Crippen molar-refractivity contribution in [2.24, 2.45) is 0 Å². The van der Waals surface area contributed by atoms with Gasteiger partial charge in [0.05, 0.1) is 18.7 Å². The van der Waals surface area contributed by atoms with Crippen molar-refractivity contribution in [3.63, 3.8) is 0 Å². The van der Waals surface area contributed by atoms with Gasteiger partial charge < -0.3 is 10.1 Å². The average Bonchev–Trinajstić information content (AvgIpc) is 3.36. The van der Waals surface area contributed by atoms with Gasteiger partial charge in [-0.1, -0.05) is 30.3 Å². The highest BCUT2D eigenvalue weighted by Crippen LogP contribution is 2.40. The van der Waals surface area contributed by atoms with E-state index in [4.69, 9.17) is 4.74 Å². The van der Waals surface area contributed by atoms with Crippen LogP contribution in [0, 0.1) is 0 Å². The number of ether oxygens (including phenoxy) is 1. The first-order valence-corrected chi connectivity index (χ1v) is 9.45. The molecule has 0 spiro atoms. The lowest BCUT2D eigenvalue weighted by atomic mass is 10.0. The Morgan fingerprint density at radius 2 is 1.92 bits per heavy atom. The third-order valence-corrected chi connectivity index (χ3v) is 6.01. The fourth-order valence-corrected chi connectivity index (χ4v) is 4.46. The number of esters is 1. The lowest BCUT2D eigenvalue weighted by Gasteiger charge is -2.34. The molecule has 134 valence electrons. The van der Waals surface area contributed by atoms with Crippen LogP contribution in [0.1, 0.15) is 30.7 Å². The molecule has 1 N–H and O–H groups in total. The largest absolute Gasteiger partial charge is 0.466 e. The van der Waals surface area contributed by atoms with Crippen molar-refractivity contribution in [1.29, 1.82) is 0 Å². The first-order valence-electron chi connectivity index (χ1n) is 8.64. The van der Waals surface area contributed by atoms with Crippen LogP contribution in [0.25, 0.3) is 10.4 Å². The molecule has 2 heterocycles. The summed E-state index contributed by atoms with van der Waals surface area (Å²) < 4.78 is 5.02. The summed E-state index contributed by atoms with van der Waals surface area (Å²) in [5, 5.41) is 3.00. The normalized spacial score (nSPS) is 20.2. The molecule has 1 aliphatic carbocycles. The molecule has 0 saturated heterocycles. The molecule has 1 aromatic heterocycles. The molecule has 0 bridgehead atoms. The van der Waals surface area contributed by atoms with Crippen molar-refractivity contribution < 1.29 is 14.3 Å². The van der Waals surface area contributed by atoms with Crippen LogP contribution in [0.3, 0.4) is 0 Å². The predicted molar refractivity (Wildman–Crippen MR) is 101 cm³/mol. The minimum atomic E-state index is -0.479. The number of rotatable bonds is 4. The molecule has 2 aromatic rings. The monoisotopic (exact) mass is 368 g/mol. The topological polar surface area (TPSA) is 58.6 Å². The van der Waals surface area contributed by atoms with Gasteiger partial charge in [0.25, 0.3) is 0 Å². The van der Waals surface area contributed by atoms with Gasteiger partial charge in [-0.2, -0.15) is 0 Å². The van der Waals surface area contributed by atoms with Crippen molar-refractivity contribution in [3.8, 4) is 10.4 Å². The van der Waals surface area contributed by atoms with Crippen LogP contribution in [-0.4, -0.2) is 30.1 Å². The van der Waals surface area contributed by atoms with E-state index in [-0.39, 0.29) is 12.1 Å². The predicted octanol–water partition coefficient (Wildman–Crippen LogP) is 4.09. The Balaban J connectivity index is 1.74. The van der Waals surface area contributed by atoms with Crippen LogP contribution in [0.15, 0.2) is 53.7 Å². The number of carbonyl (C=O) groups is 2. The van der Waals surface area contributed by atoms with Crippen LogP contribution < -0.4 is 5.32 Å². The Morgan fingerprint density at radius 3 is 2.58 bits per heavy atom. The first-order chi connectivity index (χ1) is 12.6. The van der Waals surface area contributed by atoms with Gasteiger partial charge in [-0.15, -0.1) is 11.3 Å². The summed E-state index contributed by atoms with van der Waals surface area (Å²) in [5.74, 6) is -0.396. The molecule has 1 aliphatic heterocycles. The number of urea groups is 1. The molecule has 2 aliphatic rings. The van der Waals surface area contributed by atoms with E-state index in [1.54, 1.807) is 16.2 Å². The zero-order valence-corrected chi connectivity index (χ0v) is 15.5. The maximum Gasteiger partial charge on any atom is 0.338 e. The summed E-state index contributed by atoms with van der Waals surface area (Å²) in [5.41, 5.74) is 2.33. The lowest BCUT2D eigenvalue weighted by Crippen LogP contribution is -2.48. The van der Waals surface area contributed by atoms with Crippen LogP contribution in [0.2, 0.25) is 0 Å². The second-order valence-electron chi connectivity index (χ2n) is 6.54. The second-order valence-corrected chi connectivity index (χ2v) is 7.66. The van der Waals surface area contributed by atoms with E-state index in [0.717, 1.165) is 28.2 Å². The quantitative estimate of drug-likeness (QED) is 0.827. The number of carbonyl (C=O) groups excluding carboxylic acids is 2. The fraction of sp³-hybridized carbons (Fsp3) is 0.300. The van der Waals surface area contributed by atoms with Gasteiger partial charge >= 0.3 is 12.0 Å². The molecule has 1 aromatic carbocycles. The van der Waals surface area contributed by atoms with Crippen LogP contribution in [0.4, 0.5) is 4.79 Å². The van der Waals surface area contributed by atoms with E-state index in [9.17, 15) is 9.59 Å². The Bertz CT molecular complexity index is 883. The summed E-state index contributed by atoms with van der Waals surface area (Å²) >= 11 is 1.58. The van der Waals surface area contributed by atoms with Gasteiger partial charge in [-0.3, -0.25) is 4.90 Å². The minimum Gasteiger partial charge on any atom is -0.466 e. The third-order valence-electron chi connectivity index (χ3n) is 4.81. The maximum absolute atomic E-state index is 12.6. The van der Waals surface area contributed by atoms with Gasteiger partial charge in [0, 0.05) is 21.5 Å². The van der Waals surface area contributed by atoms with E-state index < -0.39 is 12.0 Å². The van der Waals surface area contributed by atoms with Gasteiger partial charge in [0.1, 0.15) is 0 Å². The number of methoxy groups -OCH3 is 1. The molecule has 5 nitrogen and oxygen atoms in total. The number of nitrogens with zero attached hydrogens (tertiary/aromatic N) is 1. The first kappa shape index (κ1) is 16.8. The highest BCUT2D eigenvalue weighted by Gasteiger charge is 2.42. The number of hydrogen-bond acceptors (Lipinski definition) is 4. The Morgan fingerprint density at radius 1 is 1.19 bits per heavy atom. The molecule has 0 unspecified atom stereocenters. The van der Waals surface area contributed by atoms with E-state index in [0.29, 0.717) is 11.3 Å². The van der Waals surface area contributed by atoms with Gasteiger partial charge in [-0.05, 0) is 37.5 Å². The molecule has 26 heavy (non-hydrogen) atoms.